The van der Waals surface area contributed by atoms with Gasteiger partial charge in [-0.15, -0.1) is 0 Å². The van der Waals surface area contributed by atoms with E-state index < -0.39 is 17.5 Å². The Kier molecular flexibility index (Phi) is 6.08. The van der Waals surface area contributed by atoms with Crippen molar-refractivity contribution in [1.82, 2.24) is 10.5 Å². The number of thioether (sulfide) groups is 1. The van der Waals surface area contributed by atoms with Crippen molar-refractivity contribution in [3.05, 3.63) is 47.3 Å². The van der Waals surface area contributed by atoms with E-state index in [1.54, 1.807) is 0 Å². The lowest BCUT2D eigenvalue weighted by Crippen LogP contribution is -2.29. The minimum Gasteiger partial charge on any atom is -0.381 e. The molecule has 2 unspecified atom stereocenters. The zero-order valence-electron chi connectivity index (χ0n) is 14.0. The van der Waals surface area contributed by atoms with Crippen molar-refractivity contribution in [2.75, 3.05) is 19.8 Å². The van der Waals surface area contributed by atoms with Crippen molar-refractivity contribution >= 4 is 17.7 Å². The zero-order valence-corrected chi connectivity index (χ0v) is 14.8. The van der Waals surface area contributed by atoms with Crippen LogP contribution >= 0.6 is 11.8 Å². The molecule has 1 aliphatic rings. The fourth-order valence-corrected chi connectivity index (χ4v) is 3.25. The Bertz CT molecular complexity index is 790. The molecule has 2 atom stereocenters. The van der Waals surface area contributed by atoms with Crippen LogP contribution in [0.1, 0.15) is 34.3 Å². The van der Waals surface area contributed by atoms with Gasteiger partial charge in [0.05, 0.1) is 6.61 Å². The maximum Gasteiger partial charge on any atom is 0.446 e. The molecule has 0 radical (unpaired) electrons. The monoisotopic (exact) mass is 402 g/mol. The second-order valence-electron chi connectivity index (χ2n) is 6.08. The largest absolute Gasteiger partial charge is 0.446 e. The summed E-state index contributed by atoms with van der Waals surface area (Å²) in [5, 5.41) is 16.7. The number of benzene rings is 1. The van der Waals surface area contributed by atoms with E-state index in [0.29, 0.717) is 19.8 Å². The van der Waals surface area contributed by atoms with Crippen molar-refractivity contribution < 1.29 is 32.3 Å². The van der Waals surface area contributed by atoms with Gasteiger partial charge in [-0.2, -0.15) is 13.2 Å². The van der Waals surface area contributed by atoms with Gasteiger partial charge in [0.25, 0.3) is 5.91 Å². The number of aromatic nitrogens is 1. The summed E-state index contributed by atoms with van der Waals surface area (Å²) in [7, 11) is 0. The number of halogens is 3. The Hall–Kier alpha value is -2.04. The third-order valence-corrected chi connectivity index (χ3v) is 4.73. The standard InChI is InChI=1S/C17H17F3N2O4S/c18-17(19,20)27-12-3-1-2-11(6-12)15(23)14-7-13(22-26-14)16(24)21-8-10-4-5-25-9-10/h1-3,6-7,10,15,23H,4-5,8-9H2,(H,21,24). The normalized spacial score (nSPS) is 18.4. The van der Waals surface area contributed by atoms with Gasteiger partial charge < -0.3 is 19.7 Å². The molecule has 1 amide bonds. The molecule has 2 aromatic rings. The molecule has 3 rings (SSSR count). The minimum atomic E-state index is -4.43. The van der Waals surface area contributed by atoms with Crippen LogP contribution in [0.4, 0.5) is 13.2 Å². The predicted molar refractivity (Wildman–Crippen MR) is 90.2 cm³/mol. The molecule has 1 aromatic heterocycles. The predicted octanol–water partition coefficient (Wildman–Crippen LogP) is 3.13. The summed E-state index contributed by atoms with van der Waals surface area (Å²) in [4.78, 5) is 12.0. The number of amides is 1. The number of rotatable bonds is 6. The number of hydrogen-bond acceptors (Lipinski definition) is 6. The molecule has 2 N–H and O–H groups in total. The van der Waals surface area contributed by atoms with Crippen LogP contribution in [0.3, 0.4) is 0 Å². The van der Waals surface area contributed by atoms with Crippen molar-refractivity contribution in [3.63, 3.8) is 0 Å². The first-order chi connectivity index (χ1) is 12.8. The van der Waals surface area contributed by atoms with Gasteiger partial charge in [-0.1, -0.05) is 17.3 Å². The Morgan fingerprint density at radius 2 is 2.22 bits per heavy atom. The third-order valence-electron chi connectivity index (χ3n) is 4.01. The third kappa shape index (κ3) is 5.47. The van der Waals surface area contributed by atoms with E-state index in [2.05, 4.69) is 10.5 Å². The van der Waals surface area contributed by atoms with Crippen LogP contribution in [0.25, 0.3) is 0 Å². The number of ether oxygens (including phenoxy) is 1. The quantitative estimate of drug-likeness (QED) is 0.723. The molecule has 0 bridgehead atoms. The highest BCUT2D eigenvalue weighted by atomic mass is 32.2. The highest BCUT2D eigenvalue weighted by Crippen LogP contribution is 2.38. The molecule has 1 aliphatic heterocycles. The zero-order chi connectivity index (χ0) is 19.4. The van der Waals surface area contributed by atoms with E-state index in [1.165, 1.54) is 30.3 Å². The number of alkyl halides is 3. The lowest BCUT2D eigenvalue weighted by Gasteiger charge is -2.10. The first-order valence-electron chi connectivity index (χ1n) is 8.18. The number of carbonyl (C=O) groups excluding carboxylic acids is 1. The van der Waals surface area contributed by atoms with Crippen molar-refractivity contribution in [2.24, 2.45) is 5.92 Å². The van der Waals surface area contributed by atoms with Gasteiger partial charge in [0, 0.05) is 30.0 Å². The van der Waals surface area contributed by atoms with Gasteiger partial charge in [-0.25, -0.2) is 0 Å². The Morgan fingerprint density at radius 3 is 2.93 bits per heavy atom. The van der Waals surface area contributed by atoms with Crippen molar-refractivity contribution in [1.29, 1.82) is 0 Å². The van der Waals surface area contributed by atoms with E-state index >= 15 is 0 Å². The van der Waals surface area contributed by atoms with Crippen LogP contribution < -0.4 is 5.32 Å². The van der Waals surface area contributed by atoms with Crippen LogP contribution in [0, 0.1) is 5.92 Å². The highest BCUT2D eigenvalue weighted by Gasteiger charge is 2.29. The van der Waals surface area contributed by atoms with Crippen LogP contribution in [-0.2, 0) is 4.74 Å². The Balaban J connectivity index is 1.64. The molecular weight excluding hydrogens is 385 g/mol. The second kappa shape index (κ2) is 8.32. The van der Waals surface area contributed by atoms with Gasteiger partial charge in [0.15, 0.2) is 11.5 Å². The molecule has 0 saturated carbocycles. The number of aliphatic hydroxyl groups excluding tert-OH is 1. The van der Waals surface area contributed by atoms with Crippen molar-refractivity contribution in [3.8, 4) is 0 Å². The summed E-state index contributed by atoms with van der Waals surface area (Å²) >= 11 is -0.275. The molecular formula is C17H17F3N2O4S. The molecule has 146 valence electrons. The van der Waals surface area contributed by atoms with Crippen molar-refractivity contribution in [2.45, 2.75) is 22.9 Å². The van der Waals surface area contributed by atoms with Gasteiger partial charge in [-0.05, 0) is 35.9 Å². The van der Waals surface area contributed by atoms with E-state index in [0.717, 1.165) is 6.42 Å². The molecule has 1 saturated heterocycles. The van der Waals surface area contributed by atoms with Crippen LogP contribution in [0.5, 0.6) is 0 Å². The first kappa shape index (κ1) is 19.7. The maximum atomic E-state index is 12.5. The summed E-state index contributed by atoms with van der Waals surface area (Å²) in [5.41, 5.74) is -4.23. The number of carbonyl (C=O) groups is 1. The SMILES string of the molecule is O=C(NCC1CCOC1)c1cc(C(O)c2cccc(SC(F)(F)F)c2)on1. The summed E-state index contributed by atoms with van der Waals surface area (Å²) in [6.07, 6.45) is -0.467. The summed E-state index contributed by atoms with van der Waals surface area (Å²) in [5.74, 6) is -0.233. The molecule has 0 aliphatic carbocycles. The number of hydrogen-bond donors (Lipinski definition) is 2. The number of nitrogens with zero attached hydrogens (tertiary/aromatic N) is 1. The first-order valence-corrected chi connectivity index (χ1v) is 9.00. The molecule has 0 spiro atoms. The Labute approximate surface area is 157 Å². The average Bonchev–Trinajstić information content (AvgIpc) is 3.29. The van der Waals surface area contributed by atoms with E-state index in [-0.39, 0.29) is 39.6 Å². The smallest absolute Gasteiger partial charge is 0.381 e. The molecule has 1 aromatic carbocycles. The molecule has 27 heavy (non-hydrogen) atoms. The van der Waals surface area contributed by atoms with E-state index in [1.807, 2.05) is 0 Å². The lowest BCUT2D eigenvalue weighted by atomic mass is 10.1. The fourth-order valence-electron chi connectivity index (χ4n) is 2.64. The highest BCUT2D eigenvalue weighted by molar-refractivity contribution is 8.00. The minimum absolute atomic E-state index is 0.0104. The van der Waals surface area contributed by atoms with E-state index in [4.69, 9.17) is 9.26 Å². The lowest BCUT2D eigenvalue weighted by molar-refractivity contribution is -0.0328. The number of aliphatic hydroxyl groups is 1. The summed E-state index contributed by atoms with van der Waals surface area (Å²) < 4.78 is 47.7. The second-order valence-corrected chi connectivity index (χ2v) is 7.22. The summed E-state index contributed by atoms with van der Waals surface area (Å²) in [6, 6.07) is 6.65. The van der Waals surface area contributed by atoms with Gasteiger partial charge >= 0.3 is 5.51 Å². The van der Waals surface area contributed by atoms with E-state index in [9.17, 15) is 23.1 Å². The maximum absolute atomic E-state index is 12.5. The topological polar surface area (TPSA) is 84.6 Å². The molecule has 2 heterocycles. The molecule has 6 nitrogen and oxygen atoms in total. The molecule has 10 heteroatoms. The summed E-state index contributed by atoms with van der Waals surface area (Å²) in [6.45, 7) is 1.71. The number of nitrogens with one attached hydrogen (secondary N) is 1. The van der Waals surface area contributed by atoms with Crippen LogP contribution in [0.2, 0.25) is 0 Å². The van der Waals surface area contributed by atoms with Gasteiger partial charge in [-0.3, -0.25) is 4.79 Å². The van der Waals surface area contributed by atoms with Crippen LogP contribution in [0.15, 0.2) is 39.8 Å². The van der Waals surface area contributed by atoms with Gasteiger partial charge in [0.1, 0.15) is 6.10 Å². The Morgan fingerprint density at radius 1 is 1.41 bits per heavy atom. The van der Waals surface area contributed by atoms with Gasteiger partial charge in [0.2, 0.25) is 0 Å². The average molecular weight is 402 g/mol. The fraction of sp³-hybridized carbons (Fsp3) is 0.412. The van der Waals surface area contributed by atoms with Crippen LogP contribution in [-0.4, -0.2) is 41.4 Å². The molecule has 1 fully saturated rings.